The maximum Gasteiger partial charge on any atom is 0.314 e. The quantitative estimate of drug-likeness (QED) is 0.705. The van der Waals surface area contributed by atoms with Gasteiger partial charge in [-0.05, 0) is 0 Å². The summed E-state index contributed by atoms with van der Waals surface area (Å²) in [6.07, 6.45) is -3.80. The monoisotopic (exact) mass is 242 g/mol. The molecule has 2 aromatic heterocycles. The third-order valence-corrected chi connectivity index (χ3v) is 1.64. The molecule has 0 bridgehead atoms. The first-order valence-corrected chi connectivity index (χ1v) is 3.62. The first-order chi connectivity index (χ1) is 7.43. The van der Waals surface area contributed by atoms with Gasteiger partial charge in [0.1, 0.15) is 0 Å². The van der Waals surface area contributed by atoms with Crippen LogP contribution in [0.15, 0.2) is 0 Å². The van der Waals surface area contributed by atoms with Gasteiger partial charge < -0.3 is 0 Å². The highest BCUT2D eigenvalue weighted by atomic mass is 19.2. The van der Waals surface area contributed by atoms with Gasteiger partial charge in [-0.25, -0.2) is 0 Å². The van der Waals surface area contributed by atoms with Crippen LogP contribution in [0.2, 0.25) is 0 Å². The highest BCUT2D eigenvalue weighted by molar-refractivity contribution is 4.93. The van der Waals surface area contributed by atoms with Gasteiger partial charge in [0.05, 0.1) is 0 Å². The molecule has 10 heteroatoms. The van der Waals surface area contributed by atoms with E-state index < -0.39 is 45.3 Å². The number of aromatic nitrogens is 4. The van der Waals surface area contributed by atoms with E-state index >= 15 is 0 Å². The Bertz CT molecular complexity index is 508. The molecular formula is C6F6N4. The summed E-state index contributed by atoms with van der Waals surface area (Å²) in [7, 11) is 0. The van der Waals surface area contributed by atoms with Crippen LogP contribution in [0, 0.1) is 35.9 Å². The molecule has 0 saturated heterocycles. The zero-order valence-corrected chi connectivity index (χ0v) is 7.06. The van der Waals surface area contributed by atoms with Gasteiger partial charge in [0.2, 0.25) is 0 Å². The molecule has 2 rings (SSSR count). The minimum Gasteiger partial charge on any atom is -0.180 e. The molecule has 0 radical (unpaired) electrons. The summed E-state index contributed by atoms with van der Waals surface area (Å²) in [5.41, 5.74) is 0. The van der Waals surface area contributed by atoms with Crippen LogP contribution >= 0.6 is 0 Å². The van der Waals surface area contributed by atoms with Crippen molar-refractivity contribution in [2.24, 2.45) is 0 Å². The number of nitrogens with zero attached hydrogens (tertiary/aromatic N) is 4. The third kappa shape index (κ3) is 1.26. The van der Waals surface area contributed by atoms with Crippen LogP contribution in [0.25, 0.3) is 0 Å². The Labute approximate surface area is 82.7 Å². The van der Waals surface area contributed by atoms with E-state index in [0.717, 1.165) is 0 Å². The van der Waals surface area contributed by atoms with Gasteiger partial charge in [-0.15, -0.1) is 0 Å². The summed E-state index contributed by atoms with van der Waals surface area (Å²) in [5.74, 6) is -7.89. The van der Waals surface area contributed by atoms with E-state index in [4.69, 9.17) is 0 Å². The topological polar surface area (TPSA) is 35.6 Å². The van der Waals surface area contributed by atoms with Crippen molar-refractivity contribution in [1.82, 2.24) is 19.3 Å². The van der Waals surface area contributed by atoms with Crippen LogP contribution in [0.3, 0.4) is 0 Å². The summed E-state index contributed by atoms with van der Waals surface area (Å²) in [6, 6.07) is 0. The maximum atomic E-state index is 12.9. The largest absolute Gasteiger partial charge is 0.314 e. The number of halogens is 6. The van der Waals surface area contributed by atoms with E-state index in [1.165, 1.54) is 0 Å². The first kappa shape index (κ1) is 10.5. The summed E-state index contributed by atoms with van der Waals surface area (Å²) in [6.45, 7) is 0. The molecule has 2 heterocycles. The second-order valence-electron chi connectivity index (χ2n) is 2.55. The van der Waals surface area contributed by atoms with E-state index in [0.29, 0.717) is 0 Å². The van der Waals surface area contributed by atoms with Crippen LogP contribution in [0.5, 0.6) is 0 Å². The summed E-state index contributed by atoms with van der Waals surface area (Å²) in [5, 5.41) is 0. The summed E-state index contributed by atoms with van der Waals surface area (Å²) >= 11 is 0. The molecule has 16 heavy (non-hydrogen) atoms. The van der Waals surface area contributed by atoms with Gasteiger partial charge in [0.15, 0.2) is 0 Å². The van der Waals surface area contributed by atoms with Gasteiger partial charge in [-0.1, -0.05) is 0 Å². The van der Waals surface area contributed by atoms with E-state index in [1.807, 2.05) is 0 Å². The number of hydrogen-bond donors (Lipinski definition) is 0. The van der Waals surface area contributed by atoms with Crippen LogP contribution in [-0.2, 0) is 0 Å². The highest BCUT2D eigenvalue weighted by Crippen LogP contribution is 2.13. The molecule has 0 N–H and O–H groups in total. The maximum absolute atomic E-state index is 12.9. The lowest BCUT2D eigenvalue weighted by atomic mass is 10.8. The first-order valence-electron chi connectivity index (χ1n) is 3.62. The van der Waals surface area contributed by atoms with Gasteiger partial charge in [0.25, 0.3) is 23.8 Å². The van der Waals surface area contributed by atoms with Crippen molar-refractivity contribution < 1.29 is 26.3 Å². The highest BCUT2D eigenvalue weighted by Gasteiger charge is 2.26. The van der Waals surface area contributed by atoms with E-state index in [1.54, 1.807) is 0 Å². The van der Waals surface area contributed by atoms with E-state index in [2.05, 4.69) is 9.97 Å². The van der Waals surface area contributed by atoms with E-state index in [9.17, 15) is 26.3 Å². The van der Waals surface area contributed by atoms with Crippen molar-refractivity contribution in [2.75, 3.05) is 0 Å². The lowest BCUT2D eigenvalue weighted by Gasteiger charge is -2.03. The zero-order valence-electron chi connectivity index (χ0n) is 7.06. The van der Waals surface area contributed by atoms with Gasteiger partial charge in [0, 0.05) is 0 Å². The Kier molecular flexibility index (Phi) is 2.14. The Morgan fingerprint density at radius 2 is 0.938 bits per heavy atom. The summed E-state index contributed by atoms with van der Waals surface area (Å²) < 4.78 is 75.0. The fraction of sp³-hybridized carbons (Fsp3) is 0. The lowest BCUT2D eigenvalue weighted by molar-refractivity contribution is 0.298. The zero-order chi connectivity index (χ0) is 12.0. The van der Waals surface area contributed by atoms with Crippen LogP contribution in [0.4, 0.5) is 26.3 Å². The van der Waals surface area contributed by atoms with Crippen molar-refractivity contribution in [2.45, 2.75) is 0 Å². The fourth-order valence-corrected chi connectivity index (χ4v) is 1.03. The Balaban J connectivity index is 2.76. The Morgan fingerprint density at radius 1 is 0.625 bits per heavy atom. The fourth-order valence-electron chi connectivity index (χ4n) is 1.03. The summed E-state index contributed by atoms with van der Waals surface area (Å²) in [4.78, 5) is 4.66. The van der Waals surface area contributed by atoms with Crippen LogP contribution in [-0.4, -0.2) is 19.3 Å². The molecule has 0 spiro atoms. The Morgan fingerprint density at radius 3 is 1.12 bits per heavy atom. The molecule has 0 atom stereocenters. The van der Waals surface area contributed by atoms with Gasteiger partial charge in [-0.2, -0.15) is 45.7 Å². The van der Waals surface area contributed by atoms with Crippen LogP contribution < -0.4 is 0 Å². The number of hydrogen-bond acceptors (Lipinski definition) is 2. The molecule has 0 saturated carbocycles. The van der Waals surface area contributed by atoms with Gasteiger partial charge >= 0.3 is 12.2 Å². The smallest absolute Gasteiger partial charge is 0.180 e. The number of rotatable bonds is 1. The Hall–Kier alpha value is -2.00. The number of imidazole rings is 2. The van der Waals surface area contributed by atoms with E-state index in [-0.39, 0.29) is 0 Å². The second kappa shape index (κ2) is 3.25. The molecule has 0 unspecified atom stereocenters. The van der Waals surface area contributed by atoms with Crippen molar-refractivity contribution in [3.8, 4) is 0 Å². The average Bonchev–Trinajstić information content (AvgIpc) is 2.57. The molecule has 0 fully saturated rings. The van der Waals surface area contributed by atoms with Gasteiger partial charge in [-0.3, -0.25) is 0 Å². The molecule has 0 aromatic carbocycles. The van der Waals surface area contributed by atoms with Crippen molar-refractivity contribution in [3.05, 3.63) is 35.9 Å². The average molecular weight is 242 g/mol. The SMILES string of the molecule is Fc1nc(F)n(-n2c(F)nc(F)c2F)c1F. The molecule has 0 aliphatic carbocycles. The van der Waals surface area contributed by atoms with Crippen molar-refractivity contribution in [3.63, 3.8) is 0 Å². The molecular weight excluding hydrogens is 242 g/mol. The minimum absolute atomic E-state index is 0.573. The lowest BCUT2D eigenvalue weighted by Crippen LogP contribution is -2.18. The van der Waals surface area contributed by atoms with Crippen molar-refractivity contribution in [1.29, 1.82) is 0 Å². The normalized spacial score (nSPS) is 11.1. The molecule has 0 aliphatic heterocycles. The molecule has 2 aromatic rings. The molecule has 0 aliphatic rings. The second-order valence-corrected chi connectivity index (χ2v) is 2.55. The minimum atomic E-state index is -2.02. The standard InChI is InChI=1S/C6F6N4/c7-1-3(9)15(5(11)13-1)16-4(10)2(8)14-6(16)12. The predicted octanol–water partition coefficient (Wildman–Crippen LogP) is 1.23. The van der Waals surface area contributed by atoms with Crippen LogP contribution in [0.1, 0.15) is 0 Å². The van der Waals surface area contributed by atoms with Crippen molar-refractivity contribution >= 4 is 0 Å². The molecule has 0 amide bonds. The predicted molar refractivity (Wildman–Crippen MR) is 35.0 cm³/mol. The molecule has 4 nitrogen and oxygen atoms in total. The third-order valence-electron chi connectivity index (χ3n) is 1.64. The molecule has 86 valence electrons.